The summed E-state index contributed by atoms with van der Waals surface area (Å²) < 4.78 is 31.8. The van der Waals surface area contributed by atoms with Crippen LogP contribution in [0.2, 0.25) is 0 Å². The Morgan fingerprint density at radius 2 is 1.83 bits per heavy atom. The van der Waals surface area contributed by atoms with Crippen molar-refractivity contribution < 1.29 is 32.9 Å². The number of phenols is 1. The van der Waals surface area contributed by atoms with E-state index in [9.17, 15) is 33.5 Å². The van der Waals surface area contributed by atoms with E-state index in [2.05, 4.69) is 15.5 Å². The smallest absolute Gasteiger partial charge is 0.298 e. The lowest BCUT2D eigenvalue weighted by molar-refractivity contribution is -0.385. The Labute approximate surface area is 163 Å². The van der Waals surface area contributed by atoms with Gasteiger partial charge in [-0.25, -0.2) is 0 Å². The van der Waals surface area contributed by atoms with Crippen LogP contribution in [0.15, 0.2) is 69.0 Å². The SMILES string of the molecule is CC(O)=C(N=Nc1cc([N+](=O)[O-])cc(S(=O)(=O)O)c1O)C(=O)Nc1ccccc1. The molecule has 12 nitrogen and oxygen atoms in total. The number of carbonyl (C=O) groups excluding carboxylic acids is 1. The van der Waals surface area contributed by atoms with Crippen LogP contribution in [-0.4, -0.2) is 34.0 Å². The maximum Gasteiger partial charge on any atom is 0.298 e. The topological polar surface area (TPSA) is 192 Å². The fourth-order valence-electron chi connectivity index (χ4n) is 2.05. The Morgan fingerprint density at radius 3 is 2.34 bits per heavy atom. The van der Waals surface area contributed by atoms with Gasteiger partial charge in [0.1, 0.15) is 16.3 Å². The van der Waals surface area contributed by atoms with Crippen molar-refractivity contribution in [1.29, 1.82) is 0 Å². The van der Waals surface area contributed by atoms with Gasteiger partial charge in [-0.15, -0.1) is 10.2 Å². The maximum absolute atomic E-state index is 12.3. The normalized spacial score (nSPS) is 12.5. The number of benzene rings is 2. The second kappa shape index (κ2) is 8.45. The molecule has 0 heterocycles. The van der Waals surface area contributed by atoms with Crippen molar-refractivity contribution in [3.8, 4) is 5.75 Å². The number of nitrogens with one attached hydrogen (secondary N) is 1. The largest absolute Gasteiger partial charge is 0.510 e. The molecule has 152 valence electrons. The number of hydrogen-bond donors (Lipinski definition) is 4. The lowest BCUT2D eigenvalue weighted by Gasteiger charge is -2.06. The molecule has 0 aliphatic rings. The molecule has 2 aromatic rings. The number of rotatable bonds is 6. The number of nitro benzene ring substituents is 1. The summed E-state index contributed by atoms with van der Waals surface area (Å²) in [6, 6.07) is 9.22. The molecular formula is C16H14N4O8S. The van der Waals surface area contributed by atoms with Gasteiger partial charge in [0.15, 0.2) is 11.4 Å². The van der Waals surface area contributed by atoms with E-state index in [4.69, 9.17) is 4.55 Å². The molecule has 29 heavy (non-hydrogen) atoms. The van der Waals surface area contributed by atoms with Gasteiger partial charge in [-0.1, -0.05) is 18.2 Å². The summed E-state index contributed by atoms with van der Waals surface area (Å²) in [5, 5.41) is 39.9. The Kier molecular flexibility index (Phi) is 6.25. The predicted molar refractivity (Wildman–Crippen MR) is 99.5 cm³/mol. The lowest BCUT2D eigenvalue weighted by atomic mass is 10.2. The van der Waals surface area contributed by atoms with Gasteiger partial charge < -0.3 is 15.5 Å². The first-order valence-electron chi connectivity index (χ1n) is 7.67. The van der Waals surface area contributed by atoms with E-state index in [1.165, 1.54) is 0 Å². The maximum atomic E-state index is 12.3. The van der Waals surface area contributed by atoms with Crippen LogP contribution in [0, 0.1) is 10.1 Å². The quantitative estimate of drug-likeness (QED) is 0.136. The number of nitrogens with zero attached hydrogens (tertiary/aromatic N) is 3. The second-order valence-electron chi connectivity index (χ2n) is 5.50. The molecule has 2 rings (SSSR count). The molecule has 0 aliphatic carbocycles. The average molecular weight is 422 g/mol. The van der Waals surface area contributed by atoms with Gasteiger partial charge in [0.05, 0.1) is 4.92 Å². The van der Waals surface area contributed by atoms with Gasteiger partial charge in [0.25, 0.3) is 21.7 Å². The summed E-state index contributed by atoms with van der Waals surface area (Å²) in [6.45, 7) is 1.12. The lowest BCUT2D eigenvalue weighted by Crippen LogP contribution is -2.14. The van der Waals surface area contributed by atoms with Gasteiger partial charge in [-0.2, -0.15) is 8.42 Å². The van der Waals surface area contributed by atoms with Crippen LogP contribution in [0.3, 0.4) is 0 Å². The van der Waals surface area contributed by atoms with E-state index in [1.54, 1.807) is 30.3 Å². The highest BCUT2D eigenvalue weighted by Gasteiger charge is 2.24. The number of anilines is 1. The van der Waals surface area contributed by atoms with Crippen LogP contribution >= 0.6 is 0 Å². The average Bonchev–Trinajstić information content (AvgIpc) is 2.62. The van der Waals surface area contributed by atoms with E-state index in [0.29, 0.717) is 17.8 Å². The highest BCUT2D eigenvalue weighted by Crippen LogP contribution is 2.38. The van der Waals surface area contributed by atoms with Crippen LogP contribution in [0.5, 0.6) is 5.75 Å². The Bertz CT molecular complexity index is 1120. The number of aliphatic hydroxyl groups excluding tert-OH is 1. The Hall–Kier alpha value is -3.84. The van der Waals surface area contributed by atoms with Gasteiger partial charge in [-0.3, -0.25) is 19.5 Å². The molecular weight excluding hydrogens is 408 g/mol. The third-order valence-corrected chi connectivity index (χ3v) is 4.24. The summed E-state index contributed by atoms with van der Waals surface area (Å²) >= 11 is 0. The van der Waals surface area contributed by atoms with E-state index < -0.39 is 54.4 Å². The van der Waals surface area contributed by atoms with E-state index in [0.717, 1.165) is 6.92 Å². The van der Waals surface area contributed by atoms with Crippen LogP contribution in [0.1, 0.15) is 6.92 Å². The minimum atomic E-state index is -5.02. The number of aromatic hydroxyl groups is 1. The first kappa shape index (κ1) is 21.5. The number of nitro groups is 1. The number of phenolic OH excluding ortho intramolecular Hbond substituents is 1. The number of aliphatic hydroxyl groups is 1. The molecule has 1 amide bonds. The minimum absolute atomic E-state index is 0.373. The van der Waals surface area contributed by atoms with Crippen molar-refractivity contribution in [2.45, 2.75) is 11.8 Å². The molecule has 0 atom stereocenters. The van der Waals surface area contributed by atoms with E-state index >= 15 is 0 Å². The molecule has 0 fully saturated rings. The monoisotopic (exact) mass is 422 g/mol. The van der Waals surface area contributed by atoms with Crippen LogP contribution < -0.4 is 5.32 Å². The number of para-hydroxylation sites is 1. The molecule has 0 bridgehead atoms. The first-order chi connectivity index (χ1) is 13.5. The van der Waals surface area contributed by atoms with Crippen LogP contribution in [0.4, 0.5) is 17.1 Å². The first-order valence-corrected chi connectivity index (χ1v) is 9.11. The fourth-order valence-corrected chi connectivity index (χ4v) is 2.67. The summed E-state index contributed by atoms with van der Waals surface area (Å²) in [7, 11) is -5.02. The van der Waals surface area contributed by atoms with Crippen molar-refractivity contribution in [1.82, 2.24) is 0 Å². The summed E-state index contributed by atoms with van der Waals surface area (Å²) in [6.07, 6.45) is 0. The van der Waals surface area contributed by atoms with Gasteiger partial charge >= 0.3 is 0 Å². The number of hydrogen-bond acceptors (Lipinski definition) is 9. The Balaban J connectivity index is 2.47. The molecule has 0 saturated carbocycles. The number of non-ortho nitro benzene ring substituents is 1. The zero-order chi connectivity index (χ0) is 21.8. The van der Waals surface area contributed by atoms with Gasteiger partial charge in [-0.05, 0) is 19.1 Å². The van der Waals surface area contributed by atoms with E-state index in [1.807, 2.05) is 0 Å². The predicted octanol–water partition coefficient (Wildman–Crippen LogP) is 3.06. The van der Waals surface area contributed by atoms with Gasteiger partial charge in [0.2, 0.25) is 0 Å². The number of azo groups is 1. The Morgan fingerprint density at radius 1 is 1.21 bits per heavy atom. The fraction of sp³-hybridized carbons (Fsp3) is 0.0625. The highest BCUT2D eigenvalue weighted by atomic mass is 32.2. The van der Waals surface area contributed by atoms with Crippen LogP contribution in [0.25, 0.3) is 0 Å². The molecule has 13 heteroatoms. The third kappa shape index (κ3) is 5.33. The van der Waals surface area contributed by atoms with Crippen molar-refractivity contribution in [3.63, 3.8) is 0 Å². The van der Waals surface area contributed by atoms with Crippen molar-refractivity contribution in [2.75, 3.05) is 5.32 Å². The zero-order valence-corrected chi connectivity index (χ0v) is 15.5. The molecule has 0 spiro atoms. The molecule has 2 aromatic carbocycles. The number of allylic oxidation sites excluding steroid dienone is 1. The second-order valence-corrected chi connectivity index (χ2v) is 6.89. The van der Waals surface area contributed by atoms with Crippen LogP contribution in [-0.2, 0) is 14.9 Å². The molecule has 0 aromatic heterocycles. The highest BCUT2D eigenvalue weighted by molar-refractivity contribution is 7.86. The molecule has 0 radical (unpaired) electrons. The standard InChI is InChI=1S/C16H14N4O8S/c1-9(21)14(16(23)17-10-5-3-2-4-6-10)19-18-12-7-11(20(24)25)8-13(15(12)22)29(26,27)28/h2-8,21-22H,1H3,(H,17,23)(H,26,27,28). The van der Waals surface area contributed by atoms with Gasteiger partial charge in [0, 0.05) is 17.8 Å². The molecule has 4 N–H and O–H groups in total. The van der Waals surface area contributed by atoms with E-state index in [-0.39, 0.29) is 0 Å². The number of carbonyl (C=O) groups is 1. The molecule has 0 unspecified atom stereocenters. The zero-order valence-electron chi connectivity index (χ0n) is 14.7. The minimum Gasteiger partial charge on any atom is -0.510 e. The number of amides is 1. The van der Waals surface area contributed by atoms with Crippen molar-refractivity contribution in [2.24, 2.45) is 10.2 Å². The summed E-state index contributed by atoms with van der Waals surface area (Å²) in [5.74, 6) is -2.58. The molecule has 0 aliphatic heterocycles. The third-order valence-electron chi connectivity index (χ3n) is 3.38. The molecule has 0 saturated heterocycles. The summed E-state index contributed by atoms with van der Waals surface area (Å²) in [5.41, 5.74) is -1.77. The summed E-state index contributed by atoms with van der Waals surface area (Å²) in [4.78, 5) is 21.1. The van der Waals surface area contributed by atoms with Crippen molar-refractivity contribution >= 4 is 33.1 Å². The van der Waals surface area contributed by atoms with Crippen molar-refractivity contribution in [3.05, 3.63) is 64.0 Å².